The van der Waals surface area contributed by atoms with Gasteiger partial charge in [0.25, 0.3) is 0 Å². The Hall–Kier alpha value is -1.39. The fraction of sp³-hybridized carbons (Fsp3) is 0.200. The van der Waals surface area contributed by atoms with Crippen LogP contribution in [-0.2, 0) is 5.75 Å². The van der Waals surface area contributed by atoms with Crippen molar-refractivity contribution in [1.82, 2.24) is 0 Å². The molecule has 0 spiro atoms. The number of allylic oxidation sites excluding steroid dienone is 3. The van der Waals surface area contributed by atoms with Crippen LogP contribution < -0.4 is 0 Å². The molecule has 2 nitrogen and oxygen atoms in total. The summed E-state index contributed by atoms with van der Waals surface area (Å²) in [5.41, 5.74) is 2.63. The Labute approximate surface area is 122 Å². The van der Waals surface area contributed by atoms with Crippen molar-refractivity contribution in [2.24, 2.45) is 0 Å². The Morgan fingerprint density at radius 2 is 2.05 bits per heavy atom. The molecule has 0 aromatic heterocycles. The van der Waals surface area contributed by atoms with Crippen molar-refractivity contribution < 1.29 is 9.90 Å². The topological polar surface area (TPSA) is 37.3 Å². The van der Waals surface area contributed by atoms with Crippen molar-refractivity contribution in [3.63, 3.8) is 0 Å². The van der Waals surface area contributed by atoms with Gasteiger partial charge in [-0.2, -0.15) is 0 Å². The van der Waals surface area contributed by atoms with Gasteiger partial charge in [0, 0.05) is 5.75 Å². The van der Waals surface area contributed by atoms with Gasteiger partial charge in [-0.1, -0.05) is 42.6 Å². The molecule has 0 amide bonds. The minimum absolute atomic E-state index is 0.316. The highest BCUT2D eigenvalue weighted by Gasteiger charge is 2.08. The summed E-state index contributed by atoms with van der Waals surface area (Å²) in [6, 6.07) is 6.94. The molecule has 2 rings (SSSR count). The highest BCUT2D eigenvalue weighted by Crippen LogP contribution is 2.23. The van der Waals surface area contributed by atoms with Crippen LogP contribution in [0.5, 0.6) is 0 Å². The first-order valence-corrected chi connectivity index (χ1v) is 7.41. The van der Waals surface area contributed by atoms with Crippen LogP contribution in [0.3, 0.4) is 0 Å². The molecule has 1 aromatic carbocycles. The van der Waals surface area contributed by atoms with E-state index in [4.69, 9.17) is 17.3 Å². The summed E-state index contributed by atoms with van der Waals surface area (Å²) in [6.45, 7) is 0. The molecule has 0 heterocycles. The van der Waals surface area contributed by atoms with E-state index in [2.05, 4.69) is 12.2 Å². The van der Waals surface area contributed by atoms with Crippen LogP contribution in [-0.4, -0.2) is 15.3 Å². The van der Waals surface area contributed by atoms with Crippen LogP contribution >= 0.6 is 24.0 Å². The molecule has 0 radical (unpaired) electrons. The van der Waals surface area contributed by atoms with Gasteiger partial charge in [0.1, 0.15) is 0 Å². The molecule has 98 valence electrons. The van der Waals surface area contributed by atoms with E-state index in [0.717, 1.165) is 28.4 Å². The van der Waals surface area contributed by atoms with Crippen LogP contribution in [0.1, 0.15) is 28.8 Å². The lowest BCUT2D eigenvalue weighted by Gasteiger charge is -2.10. The number of carbonyl (C=O) groups is 1. The molecule has 0 aliphatic heterocycles. The van der Waals surface area contributed by atoms with E-state index in [1.54, 1.807) is 23.9 Å². The summed E-state index contributed by atoms with van der Waals surface area (Å²) in [6.07, 6.45) is 8.33. The average Bonchev–Trinajstić information content (AvgIpc) is 2.46. The van der Waals surface area contributed by atoms with E-state index < -0.39 is 5.97 Å². The molecule has 0 atom stereocenters. The molecule has 1 aliphatic carbocycles. The van der Waals surface area contributed by atoms with Crippen LogP contribution in [0.15, 0.2) is 48.1 Å². The maximum Gasteiger partial charge on any atom is 0.335 e. The predicted octanol–water partition coefficient (Wildman–Crippen LogP) is 4.22. The highest BCUT2D eigenvalue weighted by molar-refractivity contribution is 8.23. The third kappa shape index (κ3) is 4.04. The fourth-order valence-corrected chi connectivity index (χ4v) is 2.95. The van der Waals surface area contributed by atoms with Gasteiger partial charge in [-0.15, -0.1) is 11.8 Å². The van der Waals surface area contributed by atoms with Gasteiger partial charge in [0.15, 0.2) is 0 Å². The lowest BCUT2D eigenvalue weighted by Crippen LogP contribution is -1.98. The molecular formula is C15H14O2S2. The quantitative estimate of drug-likeness (QED) is 0.842. The first-order valence-electron chi connectivity index (χ1n) is 6.02. The summed E-state index contributed by atoms with van der Waals surface area (Å²) < 4.78 is 0.937. The molecule has 4 heteroatoms. The van der Waals surface area contributed by atoms with Gasteiger partial charge >= 0.3 is 5.97 Å². The van der Waals surface area contributed by atoms with Gasteiger partial charge < -0.3 is 5.11 Å². The number of hydrogen-bond acceptors (Lipinski definition) is 3. The average molecular weight is 290 g/mol. The van der Waals surface area contributed by atoms with Crippen molar-refractivity contribution in [2.75, 3.05) is 0 Å². The van der Waals surface area contributed by atoms with Crippen LogP contribution in [0.2, 0.25) is 0 Å². The second-order valence-electron chi connectivity index (χ2n) is 4.24. The number of hydrogen-bond donors (Lipinski definition) is 1. The Bertz CT molecular complexity index is 542. The van der Waals surface area contributed by atoms with Gasteiger partial charge in [0.05, 0.1) is 9.76 Å². The monoisotopic (exact) mass is 290 g/mol. The SMILES string of the molecule is O=C(O)c1ccc(CSC(=S)C2=CC=CCC2)cc1. The van der Waals surface area contributed by atoms with Crippen LogP contribution in [0.25, 0.3) is 0 Å². The normalized spacial score (nSPS) is 14.0. The first-order chi connectivity index (χ1) is 9.16. The summed E-state index contributed by atoms with van der Waals surface area (Å²) >= 11 is 7.04. The van der Waals surface area contributed by atoms with Gasteiger partial charge in [-0.25, -0.2) is 4.79 Å². The molecular weight excluding hydrogens is 276 g/mol. The number of thioether (sulfide) groups is 1. The number of rotatable bonds is 4. The zero-order valence-corrected chi connectivity index (χ0v) is 12.0. The second kappa shape index (κ2) is 6.68. The Kier molecular flexibility index (Phi) is 4.93. The number of thiocarbonyl (C=S) groups is 1. The molecule has 0 unspecified atom stereocenters. The number of carboxylic acids is 1. The molecule has 1 aromatic rings. The van der Waals surface area contributed by atoms with Crippen molar-refractivity contribution in [3.8, 4) is 0 Å². The molecule has 0 saturated heterocycles. The van der Waals surface area contributed by atoms with Crippen molar-refractivity contribution >= 4 is 34.1 Å². The van der Waals surface area contributed by atoms with E-state index in [-0.39, 0.29) is 0 Å². The zero-order chi connectivity index (χ0) is 13.7. The molecule has 0 saturated carbocycles. The maximum atomic E-state index is 10.7. The van der Waals surface area contributed by atoms with Crippen molar-refractivity contribution in [2.45, 2.75) is 18.6 Å². The molecule has 1 N–H and O–H groups in total. The third-order valence-corrected chi connectivity index (χ3v) is 4.46. The molecule has 1 aliphatic rings. The third-order valence-electron chi connectivity index (χ3n) is 2.85. The minimum atomic E-state index is -0.895. The molecule has 0 fully saturated rings. The van der Waals surface area contributed by atoms with Gasteiger partial charge in [-0.3, -0.25) is 0 Å². The minimum Gasteiger partial charge on any atom is -0.478 e. The Morgan fingerprint density at radius 3 is 2.63 bits per heavy atom. The summed E-state index contributed by atoms with van der Waals surface area (Å²) in [5, 5.41) is 8.82. The Morgan fingerprint density at radius 1 is 1.32 bits per heavy atom. The van der Waals surface area contributed by atoms with Crippen LogP contribution in [0.4, 0.5) is 0 Å². The van der Waals surface area contributed by atoms with Gasteiger partial charge in [-0.05, 0) is 36.1 Å². The lowest BCUT2D eigenvalue weighted by atomic mass is 10.1. The fourth-order valence-electron chi connectivity index (χ4n) is 1.76. The summed E-state index contributed by atoms with van der Waals surface area (Å²) in [7, 11) is 0. The second-order valence-corrected chi connectivity index (χ2v) is 5.89. The Balaban J connectivity index is 1.91. The lowest BCUT2D eigenvalue weighted by molar-refractivity contribution is 0.0697. The highest BCUT2D eigenvalue weighted by atomic mass is 32.2. The van der Waals surface area contributed by atoms with Crippen molar-refractivity contribution in [1.29, 1.82) is 0 Å². The van der Waals surface area contributed by atoms with Crippen molar-refractivity contribution in [3.05, 3.63) is 59.2 Å². The van der Waals surface area contributed by atoms with E-state index in [1.165, 1.54) is 5.57 Å². The largest absolute Gasteiger partial charge is 0.478 e. The standard InChI is InChI=1S/C15H14O2S2/c16-14(17)12-8-6-11(7-9-12)10-19-15(18)13-4-2-1-3-5-13/h1-2,4,6-9H,3,5,10H2,(H,16,17). The van der Waals surface area contributed by atoms with E-state index in [1.807, 2.05) is 18.2 Å². The van der Waals surface area contributed by atoms with Gasteiger partial charge in [0.2, 0.25) is 0 Å². The number of benzene rings is 1. The molecule has 0 bridgehead atoms. The maximum absolute atomic E-state index is 10.7. The van der Waals surface area contributed by atoms with Crippen LogP contribution in [0, 0.1) is 0 Å². The summed E-state index contributed by atoms with van der Waals surface area (Å²) in [5.74, 6) is -0.117. The number of aromatic carboxylic acids is 1. The summed E-state index contributed by atoms with van der Waals surface area (Å²) in [4.78, 5) is 10.7. The van der Waals surface area contributed by atoms with E-state index in [0.29, 0.717) is 5.56 Å². The number of carboxylic acid groups (broad SMARTS) is 1. The predicted molar refractivity (Wildman–Crippen MR) is 83.8 cm³/mol. The zero-order valence-electron chi connectivity index (χ0n) is 10.3. The van der Waals surface area contributed by atoms with E-state index >= 15 is 0 Å². The van der Waals surface area contributed by atoms with E-state index in [9.17, 15) is 4.79 Å². The smallest absolute Gasteiger partial charge is 0.335 e. The molecule has 19 heavy (non-hydrogen) atoms. The first kappa shape index (κ1) is 14.0.